The molecular weight excluding hydrogens is 220 g/mol. The van der Waals surface area contributed by atoms with Gasteiger partial charge in [0.25, 0.3) is 5.56 Å². The van der Waals surface area contributed by atoms with E-state index in [-0.39, 0.29) is 11.2 Å². The Bertz CT molecular complexity index is 505. The van der Waals surface area contributed by atoms with E-state index in [1.54, 1.807) is 4.57 Å². The number of aromatic nitrogens is 1. The predicted octanol–water partition coefficient (Wildman–Crippen LogP) is 0.943. The minimum absolute atomic E-state index is 0.107. The van der Waals surface area contributed by atoms with E-state index in [2.05, 4.69) is 0 Å². The van der Waals surface area contributed by atoms with Gasteiger partial charge in [0.15, 0.2) is 0 Å². The number of pyridine rings is 1. The van der Waals surface area contributed by atoms with Crippen molar-refractivity contribution in [2.24, 2.45) is 0 Å². The van der Waals surface area contributed by atoms with Gasteiger partial charge in [-0.25, -0.2) is 4.79 Å². The smallest absolute Gasteiger partial charge is 0.339 e. The van der Waals surface area contributed by atoms with Crippen LogP contribution in [0.3, 0.4) is 0 Å². The third-order valence-corrected chi connectivity index (χ3v) is 3.13. The fraction of sp³-hybridized carbons (Fsp3) is 0.500. The lowest BCUT2D eigenvalue weighted by molar-refractivity contribution is 0.0598. The van der Waals surface area contributed by atoms with Gasteiger partial charge in [-0.3, -0.25) is 4.79 Å². The zero-order chi connectivity index (χ0) is 12.4. The Morgan fingerprint density at radius 3 is 2.88 bits per heavy atom. The van der Waals surface area contributed by atoms with Crippen molar-refractivity contribution in [1.29, 1.82) is 0 Å². The molecule has 5 heteroatoms. The lowest BCUT2D eigenvalue weighted by Gasteiger charge is -2.14. The normalized spacial score (nSPS) is 14.9. The van der Waals surface area contributed by atoms with Gasteiger partial charge in [-0.1, -0.05) is 6.42 Å². The Balaban J connectivity index is 2.64. The largest absolute Gasteiger partial charge is 0.465 e. The molecular formula is C12H16N2O3. The highest BCUT2D eigenvalue weighted by Crippen LogP contribution is 2.19. The van der Waals surface area contributed by atoms with Gasteiger partial charge in [0.1, 0.15) is 0 Å². The number of hydrogen-bond donors (Lipinski definition) is 1. The number of esters is 1. The number of carbonyl (C=O) groups excluding carboxylic acids is 1. The number of fused-ring (bicyclic) bond motifs is 1. The summed E-state index contributed by atoms with van der Waals surface area (Å²) >= 11 is 0. The summed E-state index contributed by atoms with van der Waals surface area (Å²) in [6.07, 6.45) is 3.70. The molecule has 0 amide bonds. The molecule has 0 aliphatic carbocycles. The van der Waals surface area contributed by atoms with Crippen molar-refractivity contribution < 1.29 is 9.53 Å². The van der Waals surface area contributed by atoms with Gasteiger partial charge in [-0.05, 0) is 25.3 Å². The third kappa shape index (κ3) is 2.05. The van der Waals surface area contributed by atoms with Gasteiger partial charge >= 0.3 is 5.97 Å². The number of carbonyl (C=O) groups is 1. The molecule has 5 nitrogen and oxygen atoms in total. The minimum atomic E-state index is -0.428. The molecule has 2 N–H and O–H groups in total. The van der Waals surface area contributed by atoms with E-state index in [4.69, 9.17) is 10.5 Å². The zero-order valence-corrected chi connectivity index (χ0v) is 9.86. The third-order valence-electron chi connectivity index (χ3n) is 3.13. The van der Waals surface area contributed by atoms with Crippen LogP contribution in [0, 0.1) is 0 Å². The van der Waals surface area contributed by atoms with Crippen molar-refractivity contribution in [2.75, 3.05) is 12.8 Å². The number of hydrogen-bond acceptors (Lipinski definition) is 4. The van der Waals surface area contributed by atoms with Crippen LogP contribution in [0.4, 0.5) is 5.69 Å². The Morgan fingerprint density at radius 2 is 2.18 bits per heavy atom. The molecule has 92 valence electrons. The maximum atomic E-state index is 11.9. The first kappa shape index (κ1) is 11.7. The average molecular weight is 236 g/mol. The molecule has 1 aliphatic rings. The van der Waals surface area contributed by atoms with Crippen LogP contribution in [0.2, 0.25) is 0 Å². The van der Waals surface area contributed by atoms with Crippen molar-refractivity contribution in [3.63, 3.8) is 0 Å². The molecule has 1 aromatic rings. The molecule has 0 atom stereocenters. The quantitative estimate of drug-likeness (QED) is 0.736. The number of methoxy groups -OCH3 is 1. The first-order valence-corrected chi connectivity index (χ1v) is 5.75. The van der Waals surface area contributed by atoms with Crippen LogP contribution in [0.1, 0.15) is 35.3 Å². The van der Waals surface area contributed by atoms with Gasteiger partial charge in [-0.15, -0.1) is 0 Å². The molecule has 0 fully saturated rings. The summed E-state index contributed by atoms with van der Waals surface area (Å²) in [7, 11) is 1.33. The summed E-state index contributed by atoms with van der Waals surface area (Å²) in [6, 6.07) is 1.44. The molecule has 0 saturated carbocycles. The van der Waals surface area contributed by atoms with E-state index in [9.17, 15) is 9.59 Å². The highest BCUT2D eigenvalue weighted by Gasteiger charge is 2.20. The summed E-state index contributed by atoms with van der Waals surface area (Å²) in [5.41, 5.74) is 6.74. The van der Waals surface area contributed by atoms with E-state index in [1.165, 1.54) is 13.2 Å². The van der Waals surface area contributed by atoms with Gasteiger partial charge in [-0.2, -0.15) is 0 Å². The van der Waals surface area contributed by atoms with Crippen molar-refractivity contribution in [3.8, 4) is 0 Å². The van der Waals surface area contributed by atoms with Crippen molar-refractivity contribution in [2.45, 2.75) is 32.2 Å². The maximum Gasteiger partial charge on any atom is 0.339 e. The molecule has 1 aromatic heterocycles. The molecule has 2 heterocycles. The minimum Gasteiger partial charge on any atom is -0.465 e. The van der Waals surface area contributed by atoms with Crippen LogP contribution < -0.4 is 11.3 Å². The highest BCUT2D eigenvalue weighted by atomic mass is 16.5. The first-order chi connectivity index (χ1) is 8.15. The second-order valence-corrected chi connectivity index (χ2v) is 4.22. The second kappa shape index (κ2) is 4.61. The summed E-state index contributed by atoms with van der Waals surface area (Å²) < 4.78 is 6.35. The molecule has 0 unspecified atom stereocenters. The summed E-state index contributed by atoms with van der Waals surface area (Å²) in [5.74, 6) is -0.428. The standard InChI is InChI=1S/C12H16N2O3/c1-17-12(16)8-7-9(13)11(15)14-6-4-2-3-5-10(8)14/h7H,2-6,13H2,1H3. The van der Waals surface area contributed by atoms with E-state index < -0.39 is 5.97 Å². The molecule has 17 heavy (non-hydrogen) atoms. The zero-order valence-electron chi connectivity index (χ0n) is 9.86. The average Bonchev–Trinajstić information content (AvgIpc) is 2.58. The van der Waals surface area contributed by atoms with Crippen LogP contribution >= 0.6 is 0 Å². The summed E-state index contributed by atoms with van der Waals surface area (Å²) in [4.78, 5) is 23.6. The molecule has 2 rings (SSSR count). The SMILES string of the molecule is COC(=O)c1cc(N)c(=O)n2c1CCCCC2. The summed E-state index contributed by atoms with van der Waals surface area (Å²) in [5, 5.41) is 0. The molecule has 0 aromatic carbocycles. The number of ether oxygens (including phenoxy) is 1. The van der Waals surface area contributed by atoms with Crippen molar-refractivity contribution in [3.05, 3.63) is 27.7 Å². The second-order valence-electron chi connectivity index (χ2n) is 4.22. The number of anilines is 1. The lowest BCUT2D eigenvalue weighted by atomic mass is 10.1. The van der Waals surface area contributed by atoms with Crippen molar-refractivity contribution >= 4 is 11.7 Å². The van der Waals surface area contributed by atoms with Gasteiger partial charge in [0.2, 0.25) is 0 Å². The van der Waals surface area contributed by atoms with Crippen molar-refractivity contribution in [1.82, 2.24) is 4.57 Å². The molecule has 0 spiro atoms. The fourth-order valence-electron chi connectivity index (χ4n) is 2.26. The first-order valence-electron chi connectivity index (χ1n) is 5.75. The van der Waals surface area contributed by atoms with Gasteiger partial charge in [0, 0.05) is 12.2 Å². The monoisotopic (exact) mass is 236 g/mol. The van der Waals surface area contributed by atoms with Crippen LogP contribution in [0.5, 0.6) is 0 Å². The lowest BCUT2D eigenvalue weighted by Crippen LogP contribution is -2.28. The number of nitrogens with two attached hydrogens (primary N) is 1. The van der Waals surface area contributed by atoms with Gasteiger partial charge in [0.05, 0.1) is 18.4 Å². The molecule has 0 bridgehead atoms. The number of nitrogen functional groups attached to an aromatic ring is 1. The van der Waals surface area contributed by atoms with Crippen LogP contribution in [0.25, 0.3) is 0 Å². The van der Waals surface area contributed by atoms with Crippen LogP contribution in [-0.4, -0.2) is 17.6 Å². The van der Waals surface area contributed by atoms with Gasteiger partial charge < -0.3 is 15.0 Å². The van der Waals surface area contributed by atoms with Crippen LogP contribution in [-0.2, 0) is 17.7 Å². The Hall–Kier alpha value is -1.78. The highest BCUT2D eigenvalue weighted by molar-refractivity contribution is 5.91. The van der Waals surface area contributed by atoms with E-state index >= 15 is 0 Å². The Labute approximate surface area is 99.2 Å². The Kier molecular flexibility index (Phi) is 3.17. The maximum absolute atomic E-state index is 11.9. The molecule has 0 saturated heterocycles. The van der Waals surface area contributed by atoms with E-state index in [0.717, 1.165) is 31.4 Å². The molecule has 1 aliphatic heterocycles. The number of rotatable bonds is 1. The predicted molar refractivity (Wildman–Crippen MR) is 64.0 cm³/mol. The topological polar surface area (TPSA) is 74.3 Å². The number of nitrogens with zero attached hydrogens (tertiary/aromatic N) is 1. The van der Waals surface area contributed by atoms with Crippen LogP contribution in [0.15, 0.2) is 10.9 Å². The molecule has 0 radical (unpaired) electrons. The van der Waals surface area contributed by atoms with E-state index in [1.807, 2.05) is 0 Å². The Morgan fingerprint density at radius 1 is 1.41 bits per heavy atom. The summed E-state index contributed by atoms with van der Waals surface area (Å²) in [6.45, 7) is 0.628. The van der Waals surface area contributed by atoms with E-state index in [0.29, 0.717) is 12.1 Å². The fourth-order valence-corrected chi connectivity index (χ4v) is 2.26.